The summed E-state index contributed by atoms with van der Waals surface area (Å²) in [5, 5.41) is 9.49. The van der Waals surface area contributed by atoms with E-state index in [0.29, 0.717) is 22.0 Å². The van der Waals surface area contributed by atoms with Gasteiger partial charge in [0.1, 0.15) is 5.75 Å². The van der Waals surface area contributed by atoms with Crippen LogP contribution in [0, 0.1) is 0 Å². The molecule has 0 aliphatic carbocycles. The molecule has 0 unspecified atom stereocenters. The number of aliphatic hydroxyl groups is 1. The first kappa shape index (κ1) is 20.3. The Morgan fingerprint density at radius 3 is 2.62 bits per heavy atom. The molecule has 0 saturated heterocycles. The number of nitrogens with one attached hydrogen (secondary N) is 1. The molecular weight excluding hydrogens is 348 g/mol. The maximum absolute atomic E-state index is 11.8. The van der Waals surface area contributed by atoms with Gasteiger partial charge in [-0.15, -0.1) is 0 Å². The first-order chi connectivity index (χ1) is 11.6. The van der Waals surface area contributed by atoms with Gasteiger partial charge in [-0.05, 0) is 24.3 Å². The van der Waals surface area contributed by atoms with Crippen LogP contribution in [0.15, 0.2) is 30.5 Å². The zero-order valence-electron chi connectivity index (χ0n) is 14.1. The SMILES string of the molecule is CC.COc1cc(C(=O)NSC)ccc1-c1cnc(CO)c(Cl)c1. The van der Waals surface area contributed by atoms with Crippen molar-refractivity contribution >= 4 is 29.5 Å². The fourth-order valence-electron chi connectivity index (χ4n) is 1.95. The first-order valence-corrected chi connectivity index (χ1v) is 8.98. The van der Waals surface area contributed by atoms with Crippen molar-refractivity contribution in [1.82, 2.24) is 9.71 Å². The smallest absolute Gasteiger partial charge is 0.261 e. The van der Waals surface area contributed by atoms with Crippen LogP contribution in [-0.2, 0) is 6.61 Å². The maximum Gasteiger partial charge on any atom is 0.261 e. The summed E-state index contributed by atoms with van der Waals surface area (Å²) in [6, 6.07) is 6.85. The second kappa shape index (κ2) is 10.2. The summed E-state index contributed by atoms with van der Waals surface area (Å²) in [5.74, 6) is 0.354. The average Bonchev–Trinajstić information content (AvgIpc) is 2.63. The van der Waals surface area contributed by atoms with E-state index in [9.17, 15) is 4.79 Å². The van der Waals surface area contributed by atoms with Crippen LogP contribution < -0.4 is 9.46 Å². The van der Waals surface area contributed by atoms with Crippen LogP contribution >= 0.6 is 23.5 Å². The summed E-state index contributed by atoms with van der Waals surface area (Å²) in [7, 11) is 1.53. The van der Waals surface area contributed by atoms with E-state index in [4.69, 9.17) is 21.4 Å². The van der Waals surface area contributed by atoms with Crippen molar-refractivity contribution in [2.45, 2.75) is 20.5 Å². The summed E-state index contributed by atoms with van der Waals surface area (Å²) in [6.45, 7) is 3.78. The second-order valence-electron chi connectivity index (χ2n) is 4.36. The number of halogens is 1. The monoisotopic (exact) mass is 368 g/mol. The molecule has 2 N–H and O–H groups in total. The topological polar surface area (TPSA) is 71.5 Å². The Morgan fingerprint density at radius 2 is 2.08 bits per heavy atom. The molecule has 1 aromatic carbocycles. The minimum absolute atomic E-state index is 0.191. The van der Waals surface area contributed by atoms with Crippen LogP contribution in [0.4, 0.5) is 0 Å². The molecule has 24 heavy (non-hydrogen) atoms. The van der Waals surface area contributed by atoms with E-state index in [-0.39, 0.29) is 12.5 Å². The molecule has 7 heteroatoms. The zero-order chi connectivity index (χ0) is 18.1. The third kappa shape index (κ3) is 4.87. The second-order valence-corrected chi connectivity index (χ2v) is 5.38. The number of nitrogens with zero attached hydrogens (tertiary/aromatic N) is 1. The first-order valence-electron chi connectivity index (χ1n) is 7.37. The highest BCUT2D eigenvalue weighted by atomic mass is 35.5. The largest absolute Gasteiger partial charge is 0.496 e. The number of amides is 1. The molecule has 0 aliphatic rings. The van der Waals surface area contributed by atoms with Crippen molar-refractivity contribution in [1.29, 1.82) is 0 Å². The molecular formula is C17H21ClN2O3S. The Hall–Kier alpha value is -1.76. The van der Waals surface area contributed by atoms with Crippen molar-refractivity contribution in [3.63, 3.8) is 0 Å². The van der Waals surface area contributed by atoms with Crippen LogP contribution in [0.25, 0.3) is 11.1 Å². The van der Waals surface area contributed by atoms with Gasteiger partial charge in [-0.1, -0.05) is 37.4 Å². The molecule has 130 valence electrons. The number of pyridine rings is 1. The highest BCUT2D eigenvalue weighted by Gasteiger charge is 2.13. The normalized spacial score (nSPS) is 9.75. The number of benzene rings is 1. The van der Waals surface area contributed by atoms with Crippen LogP contribution in [0.2, 0.25) is 5.02 Å². The van der Waals surface area contributed by atoms with Gasteiger partial charge in [-0.25, -0.2) is 0 Å². The van der Waals surface area contributed by atoms with Crippen molar-refractivity contribution in [2.75, 3.05) is 13.4 Å². The Labute approximate surface area is 151 Å². The molecule has 0 aliphatic heterocycles. The average molecular weight is 369 g/mol. The van der Waals surface area contributed by atoms with E-state index >= 15 is 0 Å². The molecule has 2 rings (SSSR count). The van der Waals surface area contributed by atoms with Crippen LogP contribution in [0.1, 0.15) is 29.9 Å². The minimum atomic E-state index is -0.218. The highest BCUT2D eigenvalue weighted by Crippen LogP contribution is 2.32. The van der Waals surface area contributed by atoms with Gasteiger partial charge in [-0.3, -0.25) is 14.5 Å². The highest BCUT2D eigenvalue weighted by molar-refractivity contribution is 7.97. The summed E-state index contributed by atoms with van der Waals surface area (Å²) in [5.41, 5.74) is 2.43. The van der Waals surface area contributed by atoms with E-state index < -0.39 is 0 Å². The maximum atomic E-state index is 11.8. The fraction of sp³-hybridized carbons (Fsp3) is 0.294. The van der Waals surface area contributed by atoms with Crippen molar-refractivity contribution in [2.24, 2.45) is 0 Å². The molecule has 0 atom stereocenters. The van der Waals surface area contributed by atoms with Gasteiger partial charge < -0.3 is 9.84 Å². The van der Waals surface area contributed by atoms with Gasteiger partial charge in [0.15, 0.2) is 0 Å². The molecule has 0 radical (unpaired) electrons. The predicted octanol–water partition coefficient (Wildman–Crippen LogP) is 3.94. The Kier molecular flexibility index (Phi) is 8.60. The number of ether oxygens (including phenoxy) is 1. The third-order valence-corrected chi connectivity index (χ3v) is 3.75. The van der Waals surface area contributed by atoms with E-state index in [1.54, 1.807) is 36.7 Å². The lowest BCUT2D eigenvalue weighted by molar-refractivity contribution is 0.0984. The molecule has 0 bridgehead atoms. The lowest BCUT2D eigenvalue weighted by Crippen LogP contribution is -2.15. The molecule has 0 spiro atoms. The van der Waals surface area contributed by atoms with Crippen LogP contribution in [0.5, 0.6) is 5.75 Å². The number of hydrogen-bond donors (Lipinski definition) is 2. The lowest BCUT2D eigenvalue weighted by atomic mass is 10.0. The number of carbonyl (C=O) groups is 1. The quantitative estimate of drug-likeness (QED) is 0.782. The van der Waals surface area contributed by atoms with Crippen molar-refractivity contribution in [3.8, 4) is 16.9 Å². The number of carbonyl (C=O) groups excluding carboxylic acids is 1. The standard InChI is InChI=1S/C15H15ClN2O3S.C2H6/c1-21-14-6-9(15(20)18-22-2)3-4-11(14)10-5-12(16)13(8-19)17-7-10;1-2/h3-7,19H,8H2,1-2H3,(H,18,20);1-2H3. The summed E-state index contributed by atoms with van der Waals surface area (Å²) in [4.78, 5) is 16.0. The van der Waals surface area contributed by atoms with Gasteiger partial charge >= 0.3 is 0 Å². The molecule has 1 heterocycles. The molecule has 2 aromatic rings. The van der Waals surface area contributed by atoms with E-state index in [2.05, 4.69) is 9.71 Å². The summed E-state index contributed by atoms with van der Waals surface area (Å²) < 4.78 is 8.02. The summed E-state index contributed by atoms with van der Waals surface area (Å²) >= 11 is 7.30. The summed E-state index contributed by atoms with van der Waals surface area (Å²) in [6.07, 6.45) is 3.39. The van der Waals surface area contributed by atoms with Gasteiger partial charge in [-0.2, -0.15) is 0 Å². The zero-order valence-corrected chi connectivity index (χ0v) is 15.7. The fourth-order valence-corrected chi connectivity index (χ4v) is 2.48. The minimum Gasteiger partial charge on any atom is -0.496 e. The molecule has 0 fully saturated rings. The van der Waals surface area contributed by atoms with Gasteiger partial charge in [0.25, 0.3) is 5.91 Å². The van der Waals surface area contributed by atoms with Gasteiger partial charge in [0.05, 0.1) is 24.4 Å². The van der Waals surface area contributed by atoms with Crippen LogP contribution in [-0.4, -0.2) is 29.4 Å². The number of methoxy groups -OCH3 is 1. The van der Waals surface area contributed by atoms with E-state index in [1.807, 2.05) is 13.8 Å². The lowest BCUT2D eigenvalue weighted by Gasteiger charge is -2.11. The molecule has 1 amide bonds. The number of aliphatic hydroxyl groups excluding tert-OH is 1. The number of hydrogen-bond acceptors (Lipinski definition) is 5. The number of aromatic nitrogens is 1. The van der Waals surface area contributed by atoms with Gasteiger partial charge in [0.2, 0.25) is 0 Å². The predicted molar refractivity (Wildman–Crippen MR) is 99.5 cm³/mol. The van der Waals surface area contributed by atoms with Crippen LogP contribution in [0.3, 0.4) is 0 Å². The van der Waals surface area contributed by atoms with E-state index in [1.165, 1.54) is 19.1 Å². The third-order valence-electron chi connectivity index (χ3n) is 3.04. The molecule has 1 aromatic heterocycles. The Morgan fingerprint density at radius 1 is 1.38 bits per heavy atom. The Balaban J connectivity index is 0.00000139. The molecule has 5 nitrogen and oxygen atoms in total. The van der Waals surface area contributed by atoms with Crippen molar-refractivity contribution in [3.05, 3.63) is 46.7 Å². The number of rotatable bonds is 5. The molecule has 0 saturated carbocycles. The van der Waals surface area contributed by atoms with Gasteiger partial charge in [0, 0.05) is 29.1 Å². The Bertz CT molecular complexity index is 696. The van der Waals surface area contributed by atoms with E-state index in [0.717, 1.165) is 11.1 Å². The van der Waals surface area contributed by atoms with Crippen molar-refractivity contribution < 1.29 is 14.6 Å².